The van der Waals surface area contributed by atoms with Gasteiger partial charge in [-0.25, -0.2) is 0 Å². The summed E-state index contributed by atoms with van der Waals surface area (Å²) in [4.78, 5) is 3.20. The summed E-state index contributed by atoms with van der Waals surface area (Å²) < 4.78 is 0. The van der Waals surface area contributed by atoms with Crippen LogP contribution in [0.1, 0.15) is 47.9 Å². The van der Waals surface area contributed by atoms with E-state index in [1.165, 1.54) is 25.7 Å². The van der Waals surface area contributed by atoms with Crippen LogP contribution in [0.3, 0.4) is 0 Å². The molecule has 0 bridgehead atoms. The van der Waals surface area contributed by atoms with Crippen molar-refractivity contribution in [1.82, 2.24) is 0 Å². The molecule has 1 fully saturated rings. The van der Waals surface area contributed by atoms with Crippen LogP contribution in [0.2, 0.25) is 0 Å². The first kappa shape index (κ1) is 9.86. The maximum absolute atomic E-state index is 6.14. The Kier molecular flexibility index (Phi) is 2.02. The van der Waals surface area contributed by atoms with Gasteiger partial charge in [0.15, 0.2) is 0 Å². The van der Waals surface area contributed by atoms with Crippen molar-refractivity contribution in [1.29, 1.82) is 0 Å². The molecule has 1 saturated carbocycles. The number of hydrogen-bond donors (Lipinski definition) is 1. The molecule has 1 nitrogen and oxygen atoms in total. The van der Waals surface area contributed by atoms with Crippen molar-refractivity contribution in [3.05, 3.63) is 21.4 Å². The number of thiophene rings is 1. The van der Waals surface area contributed by atoms with Gasteiger partial charge in [0.05, 0.1) is 0 Å². The first-order valence-electron chi connectivity index (χ1n) is 5.98. The topological polar surface area (TPSA) is 26.0 Å². The minimum Gasteiger partial charge on any atom is -0.327 e. The summed E-state index contributed by atoms with van der Waals surface area (Å²) in [5.41, 5.74) is 8.10. The second-order valence-corrected chi connectivity index (χ2v) is 6.80. The van der Waals surface area contributed by atoms with E-state index in [-0.39, 0.29) is 0 Å². The highest BCUT2D eigenvalue weighted by molar-refractivity contribution is 7.12. The molecule has 0 saturated heterocycles. The molecule has 1 aromatic heterocycles. The molecule has 2 aliphatic carbocycles. The van der Waals surface area contributed by atoms with Crippen molar-refractivity contribution in [3.8, 4) is 0 Å². The largest absolute Gasteiger partial charge is 0.327 e. The monoisotopic (exact) mass is 221 g/mol. The highest BCUT2D eigenvalue weighted by Crippen LogP contribution is 2.59. The number of aryl methyl sites for hydroxylation is 2. The van der Waals surface area contributed by atoms with Crippen molar-refractivity contribution in [2.24, 2.45) is 11.1 Å². The lowest BCUT2D eigenvalue weighted by atomic mass is 9.98. The molecule has 1 heterocycles. The minimum absolute atomic E-state index is 0.341. The van der Waals surface area contributed by atoms with E-state index in [4.69, 9.17) is 5.73 Å². The van der Waals surface area contributed by atoms with Gasteiger partial charge in [-0.05, 0) is 42.7 Å². The van der Waals surface area contributed by atoms with Crippen molar-refractivity contribution in [2.45, 2.75) is 51.5 Å². The SMILES string of the molecule is CC1(C)[C@@H](N)[C@@H]1c1cc2c(s1)CCCC2. The van der Waals surface area contributed by atoms with Gasteiger partial charge in [-0.2, -0.15) is 0 Å². The first-order valence-corrected chi connectivity index (χ1v) is 6.79. The molecule has 0 aromatic carbocycles. The van der Waals surface area contributed by atoms with E-state index >= 15 is 0 Å². The fraction of sp³-hybridized carbons (Fsp3) is 0.692. The number of hydrogen-bond acceptors (Lipinski definition) is 2. The minimum atomic E-state index is 0.341. The lowest BCUT2D eigenvalue weighted by Gasteiger charge is -2.08. The zero-order valence-corrected chi connectivity index (χ0v) is 10.4. The van der Waals surface area contributed by atoms with E-state index in [1.807, 2.05) is 11.3 Å². The Morgan fingerprint density at radius 3 is 2.60 bits per heavy atom. The molecule has 2 N–H and O–H groups in total. The second-order valence-electron chi connectivity index (χ2n) is 5.63. The summed E-state index contributed by atoms with van der Waals surface area (Å²) in [6.45, 7) is 4.59. The van der Waals surface area contributed by atoms with E-state index in [9.17, 15) is 0 Å². The average Bonchev–Trinajstić information content (AvgIpc) is 2.61. The molecule has 15 heavy (non-hydrogen) atoms. The van der Waals surface area contributed by atoms with Crippen LogP contribution in [-0.4, -0.2) is 6.04 Å². The van der Waals surface area contributed by atoms with Crippen LogP contribution in [0.4, 0.5) is 0 Å². The van der Waals surface area contributed by atoms with E-state index < -0.39 is 0 Å². The molecule has 0 radical (unpaired) electrons. The van der Waals surface area contributed by atoms with Crippen LogP contribution in [0.15, 0.2) is 6.07 Å². The Bertz CT molecular complexity index is 368. The molecular formula is C13H19NS. The molecule has 3 rings (SSSR count). The van der Waals surface area contributed by atoms with Gasteiger partial charge in [0.25, 0.3) is 0 Å². The summed E-state index contributed by atoms with van der Waals surface area (Å²) in [5, 5.41) is 0. The highest BCUT2D eigenvalue weighted by Gasteiger charge is 2.56. The van der Waals surface area contributed by atoms with Crippen LogP contribution in [0, 0.1) is 5.41 Å². The van der Waals surface area contributed by atoms with Gasteiger partial charge < -0.3 is 5.73 Å². The third-order valence-corrected chi connectivity index (χ3v) is 5.55. The van der Waals surface area contributed by atoms with Crippen LogP contribution in [-0.2, 0) is 12.8 Å². The van der Waals surface area contributed by atoms with Crippen LogP contribution < -0.4 is 5.73 Å². The van der Waals surface area contributed by atoms with E-state index in [0.29, 0.717) is 17.4 Å². The summed E-state index contributed by atoms with van der Waals surface area (Å²) >= 11 is 2.03. The maximum atomic E-state index is 6.14. The van der Waals surface area contributed by atoms with Crippen molar-refractivity contribution in [3.63, 3.8) is 0 Å². The molecule has 82 valence electrons. The maximum Gasteiger partial charge on any atom is 0.0180 e. The molecule has 0 aliphatic heterocycles. The fourth-order valence-electron chi connectivity index (χ4n) is 2.89. The standard InChI is InChI=1S/C13H19NS/c1-13(2)11(12(13)14)10-7-8-5-3-4-6-9(8)15-10/h7,11-12H,3-6,14H2,1-2H3/t11-,12-/m0/s1. The van der Waals surface area contributed by atoms with Gasteiger partial charge >= 0.3 is 0 Å². The van der Waals surface area contributed by atoms with Crippen LogP contribution in [0.25, 0.3) is 0 Å². The van der Waals surface area contributed by atoms with Gasteiger partial charge in [0.1, 0.15) is 0 Å². The Morgan fingerprint density at radius 1 is 1.33 bits per heavy atom. The number of rotatable bonds is 1. The second kappa shape index (κ2) is 3.08. The highest BCUT2D eigenvalue weighted by atomic mass is 32.1. The normalized spacial score (nSPS) is 32.5. The summed E-state index contributed by atoms with van der Waals surface area (Å²) in [5.74, 6) is 0.632. The third-order valence-electron chi connectivity index (χ3n) is 4.23. The number of nitrogens with two attached hydrogens (primary N) is 1. The Labute approximate surface area is 95.7 Å². The predicted molar refractivity (Wildman–Crippen MR) is 65.5 cm³/mol. The fourth-order valence-corrected chi connectivity index (χ4v) is 4.49. The van der Waals surface area contributed by atoms with E-state index in [2.05, 4.69) is 19.9 Å². The molecule has 2 atom stereocenters. The third kappa shape index (κ3) is 1.38. The lowest BCUT2D eigenvalue weighted by Crippen LogP contribution is -2.06. The molecule has 0 amide bonds. The summed E-state index contributed by atoms with van der Waals surface area (Å²) in [7, 11) is 0. The lowest BCUT2D eigenvalue weighted by molar-refractivity contribution is 0.601. The van der Waals surface area contributed by atoms with E-state index in [1.54, 1.807) is 15.3 Å². The molecule has 0 spiro atoms. The molecule has 2 heteroatoms. The van der Waals surface area contributed by atoms with Crippen LogP contribution in [0.5, 0.6) is 0 Å². The smallest absolute Gasteiger partial charge is 0.0180 e. The molecule has 2 aliphatic rings. The van der Waals surface area contributed by atoms with Gasteiger partial charge in [-0.15, -0.1) is 11.3 Å². The quantitative estimate of drug-likeness (QED) is 0.775. The molecule has 0 unspecified atom stereocenters. The zero-order valence-electron chi connectivity index (χ0n) is 9.55. The van der Waals surface area contributed by atoms with Crippen molar-refractivity contribution < 1.29 is 0 Å². The summed E-state index contributed by atoms with van der Waals surface area (Å²) in [6, 6.07) is 2.83. The van der Waals surface area contributed by atoms with Crippen molar-refractivity contribution >= 4 is 11.3 Å². The average molecular weight is 221 g/mol. The van der Waals surface area contributed by atoms with Crippen LogP contribution >= 0.6 is 11.3 Å². The molecule has 1 aromatic rings. The summed E-state index contributed by atoms with van der Waals surface area (Å²) in [6.07, 6.45) is 5.37. The Balaban J connectivity index is 1.91. The van der Waals surface area contributed by atoms with Gasteiger partial charge in [-0.3, -0.25) is 0 Å². The van der Waals surface area contributed by atoms with Gasteiger partial charge in [0.2, 0.25) is 0 Å². The zero-order chi connectivity index (χ0) is 10.6. The van der Waals surface area contributed by atoms with Crippen molar-refractivity contribution in [2.75, 3.05) is 0 Å². The first-order chi connectivity index (χ1) is 7.10. The van der Waals surface area contributed by atoms with Gasteiger partial charge in [0, 0.05) is 21.7 Å². The van der Waals surface area contributed by atoms with Gasteiger partial charge in [-0.1, -0.05) is 13.8 Å². The Hall–Kier alpha value is -0.340. The Morgan fingerprint density at radius 2 is 2.00 bits per heavy atom. The predicted octanol–water partition coefficient (Wildman–Crippen LogP) is 3.08. The van der Waals surface area contributed by atoms with E-state index in [0.717, 1.165) is 0 Å². The number of fused-ring (bicyclic) bond motifs is 1. The molecular weight excluding hydrogens is 202 g/mol.